The minimum Gasteiger partial charge on any atom is -0.409 e. The molecule has 0 aliphatic carbocycles. The van der Waals surface area contributed by atoms with Crippen LogP contribution in [0.1, 0.15) is 65.2 Å². The first-order valence-electron chi connectivity index (χ1n) is 6.92. The van der Waals surface area contributed by atoms with Crippen LogP contribution in [0.3, 0.4) is 0 Å². The Morgan fingerprint density at radius 2 is 1.83 bits per heavy atom. The molecule has 5 nitrogen and oxygen atoms in total. The Balaban J connectivity index is 3.70. The maximum absolute atomic E-state index is 11.6. The molecule has 1 amide bonds. The molecule has 0 aromatic rings. The monoisotopic (exact) mass is 257 g/mol. The molecular weight excluding hydrogens is 230 g/mol. The summed E-state index contributed by atoms with van der Waals surface area (Å²) in [6.45, 7) is 4.07. The molecule has 0 radical (unpaired) electrons. The molecule has 0 spiro atoms. The zero-order valence-electron chi connectivity index (χ0n) is 11.6. The van der Waals surface area contributed by atoms with Gasteiger partial charge in [-0.1, -0.05) is 51.1 Å². The Morgan fingerprint density at radius 3 is 2.39 bits per heavy atom. The van der Waals surface area contributed by atoms with Gasteiger partial charge in [0.15, 0.2) is 5.84 Å². The van der Waals surface area contributed by atoms with Gasteiger partial charge in [0.05, 0.1) is 6.04 Å². The molecule has 0 aromatic heterocycles. The van der Waals surface area contributed by atoms with Crippen LogP contribution >= 0.6 is 0 Å². The largest absolute Gasteiger partial charge is 0.409 e. The van der Waals surface area contributed by atoms with Crippen molar-refractivity contribution in [1.82, 2.24) is 5.32 Å². The SMILES string of the molecule is CCCCCCCCC(=O)NC(CC)C(N)=NO. The summed E-state index contributed by atoms with van der Waals surface area (Å²) in [4.78, 5) is 11.6. The van der Waals surface area contributed by atoms with Gasteiger partial charge in [-0.25, -0.2) is 0 Å². The molecule has 0 aliphatic rings. The van der Waals surface area contributed by atoms with Gasteiger partial charge >= 0.3 is 0 Å². The van der Waals surface area contributed by atoms with E-state index in [2.05, 4.69) is 17.4 Å². The molecule has 0 fully saturated rings. The van der Waals surface area contributed by atoms with Crippen molar-refractivity contribution in [2.75, 3.05) is 0 Å². The van der Waals surface area contributed by atoms with Gasteiger partial charge < -0.3 is 16.3 Å². The molecular formula is C13H27N3O2. The maximum atomic E-state index is 11.6. The summed E-state index contributed by atoms with van der Waals surface area (Å²) in [5.74, 6) is 0.0396. The zero-order chi connectivity index (χ0) is 13.8. The van der Waals surface area contributed by atoms with Crippen LogP contribution in [0.15, 0.2) is 5.16 Å². The number of amides is 1. The summed E-state index contributed by atoms with van der Waals surface area (Å²) in [6, 6.07) is -0.359. The average Bonchev–Trinajstić information content (AvgIpc) is 2.39. The Morgan fingerprint density at radius 1 is 1.22 bits per heavy atom. The third-order valence-corrected chi connectivity index (χ3v) is 2.97. The van der Waals surface area contributed by atoms with Crippen molar-refractivity contribution in [2.45, 2.75) is 71.3 Å². The quantitative estimate of drug-likeness (QED) is 0.184. The van der Waals surface area contributed by atoms with Gasteiger partial charge in [0, 0.05) is 6.42 Å². The number of hydrogen-bond donors (Lipinski definition) is 3. The van der Waals surface area contributed by atoms with E-state index < -0.39 is 0 Å². The first kappa shape index (κ1) is 16.7. The van der Waals surface area contributed by atoms with Gasteiger partial charge in [0.25, 0.3) is 0 Å². The van der Waals surface area contributed by atoms with Crippen molar-refractivity contribution in [1.29, 1.82) is 0 Å². The van der Waals surface area contributed by atoms with Crippen LogP contribution in [0.5, 0.6) is 0 Å². The van der Waals surface area contributed by atoms with Crippen LogP contribution in [-0.4, -0.2) is 23.0 Å². The first-order valence-corrected chi connectivity index (χ1v) is 6.92. The minimum atomic E-state index is -0.359. The van der Waals surface area contributed by atoms with E-state index in [1.807, 2.05) is 6.92 Å². The fourth-order valence-corrected chi connectivity index (χ4v) is 1.79. The number of nitrogens with two attached hydrogens (primary N) is 1. The van der Waals surface area contributed by atoms with Gasteiger partial charge in [-0.15, -0.1) is 0 Å². The van der Waals surface area contributed by atoms with Crippen LogP contribution in [0.4, 0.5) is 0 Å². The molecule has 1 atom stereocenters. The molecule has 0 saturated heterocycles. The Kier molecular flexibility index (Phi) is 10.1. The third-order valence-electron chi connectivity index (χ3n) is 2.97. The zero-order valence-corrected chi connectivity index (χ0v) is 11.6. The number of carbonyl (C=O) groups is 1. The summed E-state index contributed by atoms with van der Waals surface area (Å²) in [6.07, 6.45) is 8.08. The van der Waals surface area contributed by atoms with Crippen molar-refractivity contribution in [2.24, 2.45) is 10.9 Å². The van der Waals surface area contributed by atoms with Crippen LogP contribution in [0.25, 0.3) is 0 Å². The second-order valence-corrected chi connectivity index (χ2v) is 4.57. The highest BCUT2D eigenvalue weighted by Crippen LogP contribution is 2.07. The summed E-state index contributed by atoms with van der Waals surface area (Å²) >= 11 is 0. The number of nitrogens with zero attached hydrogens (tertiary/aromatic N) is 1. The Labute approximate surface area is 110 Å². The van der Waals surface area contributed by atoms with Gasteiger partial charge in [-0.3, -0.25) is 4.79 Å². The predicted molar refractivity (Wildman–Crippen MR) is 73.6 cm³/mol. The lowest BCUT2D eigenvalue weighted by Gasteiger charge is -2.15. The molecule has 106 valence electrons. The Bertz CT molecular complexity index is 255. The lowest BCUT2D eigenvalue weighted by molar-refractivity contribution is -0.121. The van der Waals surface area contributed by atoms with E-state index in [0.717, 1.165) is 12.8 Å². The molecule has 0 aromatic carbocycles. The molecule has 0 aliphatic heterocycles. The van der Waals surface area contributed by atoms with E-state index in [1.165, 1.54) is 25.7 Å². The summed E-state index contributed by atoms with van der Waals surface area (Å²) in [7, 11) is 0. The first-order chi connectivity index (χ1) is 8.65. The highest BCUT2D eigenvalue weighted by atomic mass is 16.4. The van der Waals surface area contributed by atoms with Crippen LogP contribution in [0, 0.1) is 0 Å². The van der Waals surface area contributed by atoms with Crippen LogP contribution < -0.4 is 11.1 Å². The number of amidine groups is 1. The third kappa shape index (κ3) is 7.92. The number of unbranched alkanes of at least 4 members (excludes halogenated alkanes) is 5. The molecule has 5 heteroatoms. The topological polar surface area (TPSA) is 87.7 Å². The predicted octanol–water partition coefficient (Wildman–Crippen LogP) is 2.38. The summed E-state index contributed by atoms with van der Waals surface area (Å²) < 4.78 is 0. The highest BCUT2D eigenvalue weighted by Gasteiger charge is 2.14. The molecule has 0 heterocycles. The molecule has 1 unspecified atom stereocenters. The van der Waals surface area contributed by atoms with E-state index in [-0.39, 0.29) is 17.8 Å². The fraction of sp³-hybridized carbons (Fsp3) is 0.846. The van der Waals surface area contributed by atoms with E-state index in [9.17, 15) is 4.79 Å². The average molecular weight is 257 g/mol. The molecule has 18 heavy (non-hydrogen) atoms. The number of nitrogens with one attached hydrogen (secondary N) is 1. The smallest absolute Gasteiger partial charge is 0.220 e. The highest BCUT2D eigenvalue weighted by molar-refractivity contribution is 5.89. The minimum absolute atomic E-state index is 0.0241. The number of carbonyl (C=O) groups excluding carboxylic acids is 1. The van der Waals surface area contributed by atoms with Crippen molar-refractivity contribution in [3.05, 3.63) is 0 Å². The molecule has 0 bridgehead atoms. The van der Waals surface area contributed by atoms with Crippen LogP contribution in [0.2, 0.25) is 0 Å². The van der Waals surface area contributed by atoms with E-state index >= 15 is 0 Å². The fourth-order valence-electron chi connectivity index (χ4n) is 1.79. The van der Waals surface area contributed by atoms with Gasteiger partial charge in [0.2, 0.25) is 5.91 Å². The lowest BCUT2D eigenvalue weighted by atomic mass is 10.1. The summed E-state index contributed by atoms with van der Waals surface area (Å²) in [5.41, 5.74) is 5.47. The van der Waals surface area contributed by atoms with Gasteiger partial charge in [-0.05, 0) is 12.8 Å². The van der Waals surface area contributed by atoms with E-state index in [1.54, 1.807) is 0 Å². The number of oxime groups is 1. The summed E-state index contributed by atoms with van der Waals surface area (Å²) in [5, 5.41) is 14.2. The van der Waals surface area contributed by atoms with Gasteiger partial charge in [0.1, 0.15) is 0 Å². The van der Waals surface area contributed by atoms with Crippen molar-refractivity contribution in [3.63, 3.8) is 0 Å². The van der Waals surface area contributed by atoms with Gasteiger partial charge in [-0.2, -0.15) is 0 Å². The molecule has 0 rings (SSSR count). The Hall–Kier alpha value is -1.26. The van der Waals surface area contributed by atoms with Crippen molar-refractivity contribution < 1.29 is 10.0 Å². The maximum Gasteiger partial charge on any atom is 0.220 e. The van der Waals surface area contributed by atoms with E-state index in [0.29, 0.717) is 12.8 Å². The number of rotatable bonds is 10. The molecule has 0 saturated carbocycles. The van der Waals surface area contributed by atoms with Crippen molar-refractivity contribution in [3.8, 4) is 0 Å². The lowest BCUT2D eigenvalue weighted by Crippen LogP contribution is -2.44. The number of hydrogen-bond acceptors (Lipinski definition) is 3. The van der Waals surface area contributed by atoms with E-state index in [4.69, 9.17) is 10.9 Å². The second-order valence-electron chi connectivity index (χ2n) is 4.57. The second kappa shape index (κ2) is 10.9. The molecule has 4 N–H and O–H groups in total. The standard InChI is InChI=1S/C13H27N3O2/c1-3-5-6-7-8-9-10-12(17)15-11(4-2)13(14)16-18/h11,18H,3-10H2,1-2H3,(H2,14,16)(H,15,17). The normalized spacial score (nSPS) is 13.3. The van der Waals surface area contributed by atoms with Crippen LogP contribution in [-0.2, 0) is 4.79 Å². The van der Waals surface area contributed by atoms with Crippen molar-refractivity contribution >= 4 is 11.7 Å².